The highest BCUT2D eigenvalue weighted by atomic mass is 32.1. The Kier molecular flexibility index (Phi) is 5.38. The van der Waals surface area contributed by atoms with Crippen molar-refractivity contribution in [3.8, 4) is 0 Å². The van der Waals surface area contributed by atoms with Crippen LogP contribution in [0.5, 0.6) is 0 Å². The van der Waals surface area contributed by atoms with Crippen molar-refractivity contribution < 1.29 is 9.90 Å². The van der Waals surface area contributed by atoms with Crippen LogP contribution in [0.15, 0.2) is 0 Å². The maximum atomic E-state index is 12.6. The van der Waals surface area contributed by atoms with E-state index in [4.69, 9.17) is 0 Å². The van der Waals surface area contributed by atoms with Gasteiger partial charge in [0.25, 0.3) is 5.91 Å². The zero-order valence-electron chi connectivity index (χ0n) is 13.4. The van der Waals surface area contributed by atoms with Gasteiger partial charge in [0.1, 0.15) is 4.88 Å². The highest BCUT2D eigenvalue weighted by Crippen LogP contribution is 2.26. The first kappa shape index (κ1) is 16.4. The maximum Gasteiger partial charge on any atom is 0.265 e. The zero-order valence-corrected chi connectivity index (χ0v) is 14.2. The second-order valence-electron chi connectivity index (χ2n) is 6.49. The number of thiazole rings is 1. The quantitative estimate of drug-likeness (QED) is 0.930. The monoisotopic (exact) mass is 310 g/mol. The van der Waals surface area contributed by atoms with Crippen LogP contribution in [0.25, 0.3) is 0 Å². The van der Waals surface area contributed by atoms with E-state index in [-0.39, 0.29) is 12.0 Å². The summed E-state index contributed by atoms with van der Waals surface area (Å²) < 4.78 is 0. The summed E-state index contributed by atoms with van der Waals surface area (Å²) in [5, 5.41) is 10.7. The molecule has 1 N–H and O–H groups in total. The van der Waals surface area contributed by atoms with Crippen molar-refractivity contribution >= 4 is 17.2 Å². The van der Waals surface area contributed by atoms with E-state index in [1.165, 1.54) is 0 Å². The number of carbonyl (C=O) groups excluding carboxylic acids is 1. The number of nitrogens with zero attached hydrogens (tertiary/aromatic N) is 2. The summed E-state index contributed by atoms with van der Waals surface area (Å²) in [6, 6.07) is 0. The van der Waals surface area contributed by atoms with Crippen molar-refractivity contribution in [3.05, 3.63) is 15.6 Å². The standard InChI is InChI=1S/C16H26N2O2S/c1-10(2)9-14-17-11(3)15(21-14)16(20)18-7-5-13(6-8-18)12(4)19/h10,12-13,19H,5-9H2,1-4H3. The lowest BCUT2D eigenvalue weighted by Gasteiger charge is -2.33. The van der Waals surface area contributed by atoms with E-state index in [1.54, 1.807) is 11.3 Å². The van der Waals surface area contributed by atoms with E-state index < -0.39 is 0 Å². The van der Waals surface area contributed by atoms with Crippen LogP contribution in [0.4, 0.5) is 0 Å². The fourth-order valence-corrected chi connectivity index (χ4v) is 4.06. The minimum absolute atomic E-state index is 0.115. The summed E-state index contributed by atoms with van der Waals surface area (Å²) in [4.78, 5) is 19.9. The predicted octanol–water partition coefficient (Wildman–Crippen LogP) is 2.88. The van der Waals surface area contributed by atoms with Crippen LogP contribution in [-0.4, -0.2) is 40.1 Å². The summed E-state index contributed by atoms with van der Waals surface area (Å²) >= 11 is 1.54. The molecule has 1 fully saturated rings. The molecule has 2 heterocycles. The van der Waals surface area contributed by atoms with E-state index >= 15 is 0 Å². The SMILES string of the molecule is Cc1nc(CC(C)C)sc1C(=O)N1CCC(C(C)O)CC1. The van der Waals surface area contributed by atoms with Gasteiger partial charge in [-0.25, -0.2) is 4.98 Å². The first-order valence-electron chi connectivity index (χ1n) is 7.82. The molecule has 21 heavy (non-hydrogen) atoms. The molecule has 1 aliphatic rings. The van der Waals surface area contributed by atoms with Crippen LogP contribution in [0.2, 0.25) is 0 Å². The van der Waals surface area contributed by atoms with Gasteiger partial charge in [-0.05, 0) is 38.5 Å². The molecular weight excluding hydrogens is 284 g/mol. The molecule has 0 saturated carbocycles. The number of hydrogen-bond donors (Lipinski definition) is 1. The Hall–Kier alpha value is -0.940. The van der Waals surface area contributed by atoms with Crippen molar-refractivity contribution in [2.45, 2.75) is 53.1 Å². The number of aryl methyl sites for hydroxylation is 1. The fraction of sp³-hybridized carbons (Fsp3) is 0.750. The molecular formula is C16H26N2O2S. The van der Waals surface area contributed by atoms with Crippen molar-refractivity contribution in [1.82, 2.24) is 9.88 Å². The largest absolute Gasteiger partial charge is 0.393 e. The molecule has 1 unspecified atom stereocenters. The maximum absolute atomic E-state index is 12.6. The Balaban J connectivity index is 2.02. The number of rotatable bonds is 4. The van der Waals surface area contributed by atoms with E-state index in [0.29, 0.717) is 11.8 Å². The molecule has 1 atom stereocenters. The first-order valence-corrected chi connectivity index (χ1v) is 8.63. The molecule has 0 aliphatic carbocycles. The van der Waals surface area contributed by atoms with E-state index in [9.17, 15) is 9.90 Å². The number of carbonyl (C=O) groups is 1. The zero-order chi connectivity index (χ0) is 15.6. The number of aromatic nitrogens is 1. The van der Waals surface area contributed by atoms with Gasteiger partial charge in [0, 0.05) is 19.5 Å². The molecule has 0 bridgehead atoms. The smallest absolute Gasteiger partial charge is 0.265 e. The molecule has 0 radical (unpaired) electrons. The van der Waals surface area contributed by atoms with Crippen LogP contribution >= 0.6 is 11.3 Å². The van der Waals surface area contributed by atoms with Crippen molar-refractivity contribution in [3.63, 3.8) is 0 Å². The van der Waals surface area contributed by atoms with Gasteiger partial charge in [0.2, 0.25) is 0 Å². The summed E-state index contributed by atoms with van der Waals surface area (Å²) in [5.41, 5.74) is 0.860. The number of aliphatic hydroxyl groups is 1. The van der Waals surface area contributed by atoms with E-state index in [1.807, 2.05) is 18.7 Å². The van der Waals surface area contributed by atoms with Crippen molar-refractivity contribution in [2.75, 3.05) is 13.1 Å². The highest BCUT2D eigenvalue weighted by Gasteiger charge is 2.28. The van der Waals surface area contributed by atoms with E-state index in [0.717, 1.165) is 47.9 Å². The van der Waals surface area contributed by atoms with Gasteiger partial charge in [-0.2, -0.15) is 0 Å². The van der Waals surface area contributed by atoms with Crippen LogP contribution in [-0.2, 0) is 6.42 Å². The van der Waals surface area contributed by atoms with Gasteiger partial charge in [-0.15, -0.1) is 11.3 Å². The Morgan fingerprint density at radius 3 is 2.52 bits per heavy atom. The van der Waals surface area contributed by atoms with Gasteiger partial charge < -0.3 is 10.0 Å². The van der Waals surface area contributed by atoms with Crippen LogP contribution in [0, 0.1) is 18.8 Å². The molecule has 1 aromatic rings. The van der Waals surface area contributed by atoms with Crippen LogP contribution in [0.1, 0.15) is 54.0 Å². The minimum Gasteiger partial charge on any atom is -0.393 e. The summed E-state index contributed by atoms with van der Waals surface area (Å²) in [6.07, 6.45) is 2.44. The molecule has 118 valence electrons. The lowest BCUT2D eigenvalue weighted by Crippen LogP contribution is -2.40. The third-order valence-electron chi connectivity index (χ3n) is 4.13. The summed E-state index contributed by atoms with van der Waals surface area (Å²) in [5.74, 6) is 0.998. The molecule has 5 heteroatoms. The summed E-state index contributed by atoms with van der Waals surface area (Å²) in [6.45, 7) is 9.58. The molecule has 1 amide bonds. The Labute approximate surface area is 131 Å². The number of hydrogen-bond acceptors (Lipinski definition) is 4. The average Bonchev–Trinajstić information content (AvgIpc) is 2.78. The fourth-order valence-electron chi connectivity index (χ4n) is 2.82. The predicted molar refractivity (Wildman–Crippen MR) is 85.7 cm³/mol. The Morgan fingerprint density at radius 1 is 1.38 bits per heavy atom. The number of aliphatic hydroxyl groups excluding tert-OH is 1. The second-order valence-corrected chi connectivity index (χ2v) is 7.57. The molecule has 4 nitrogen and oxygen atoms in total. The topological polar surface area (TPSA) is 53.4 Å². The van der Waals surface area contributed by atoms with Crippen molar-refractivity contribution in [1.29, 1.82) is 0 Å². The van der Waals surface area contributed by atoms with Crippen molar-refractivity contribution in [2.24, 2.45) is 11.8 Å². The number of likely N-dealkylation sites (tertiary alicyclic amines) is 1. The van der Waals surface area contributed by atoms with Gasteiger partial charge in [-0.1, -0.05) is 13.8 Å². The first-order chi connectivity index (χ1) is 9.88. The lowest BCUT2D eigenvalue weighted by molar-refractivity contribution is 0.0524. The third kappa shape index (κ3) is 4.04. The van der Waals surface area contributed by atoms with Crippen LogP contribution in [0.3, 0.4) is 0 Å². The molecule has 1 saturated heterocycles. The van der Waals surface area contributed by atoms with Crippen LogP contribution < -0.4 is 0 Å². The molecule has 1 aliphatic heterocycles. The van der Waals surface area contributed by atoms with Gasteiger partial charge in [0.15, 0.2) is 0 Å². The normalized spacial score (nSPS) is 18.3. The number of piperidine rings is 1. The molecule has 1 aromatic heterocycles. The van der Waals surface area contributed by atoms with Gasteiger partial charge >= 0.3 is 0 Å². The number of amides is 1. The molecule has 2 rings (SSSR count). The Morgan fingerprint density at radius 2 is 2.00 bits per heavy atom. The van der Waals surface area contributed by atoms with Gasteiger partial charge in [-0.3, -0.25) is 4.79 Å². The van der Waals surface area contributed by atoms with Gasteiger partial charge in [0.05, 0.1) is 16.8 Å². The molecule has 0 spiro atoms. The second kappa shape index (κ2) is 6.88. The lowest BCUT2D eigenvalue weighted by atomic mass is 9.92. The highest BCUT2D eigenvalue weighted by molar-refractivity contribution is 7.13. The average molecular weight is 310 g/mol. The summed E-state index contributed by atoms with van der Waals surface area (Å²) in [7, 11) is 0. The van der Waals surface area contributed by atoms with E-state index in [2.05, 4.69) is 18.8 Å². The minimum atomic E-state index is -0.273. The Bertz CT molecular complexity index is 488. The third-order valence-corrected chi connectivity index (χ3v) is 5.29. The molecule has 0 aromatic carbocycles.